The van der Waals surface area contributed by atoms with Crippen LogP contribution in [0.1, 0.15) is 16.1 Å². The summed E-state index contributed by atoms with van der Waals surface area (Å²) in [5.41, 5.74) is 7.41. The van der Waals surface area contributed by atoms with Gasteiger partial charge in [-0.1, -0.05) is 11.6 Å². The third kappa shape index (κ3) is 2.67. The summed E-state index contributed by atoms with van der Waals surface area (Å²) in [6, 6.07) is 3.17. The van der Waals surface area contributed by atoms with E-state index in [0.717, 1.165) is 0 Å². The second kappa shape index (κ2) is 5.43. The molecule has 0 saturated carbocycles. The molecule has 0 saturated heterocycles. The number of pyridine rings is 1. The van der Waals surface area contributed by atoms with Gasteiger partial charge >= 0.3 is 0 Å². The largest absolute Gasteiger partial charge is 0.341 e. The van der Waals surface area contributed by atoms with Crippen molar-refractivity contribution in [3.8, 4) is 0 Å². The zero-order valence-corrected chi connectivity index (χ0v) is 11.4. The Balaban J connectivity index is 1.88. The second-order valence-corrected chi connectivity index (χ2v) is 4.49. The Morgan fingerprint density at radius 1 is 1.38 bits per heavy atom. The lowest BCUT2D eigenvalue weighted by atomic mass is 10.2. The van der Waals surface area contributed by atoms with E-state index >= 15 is 0 Å². The fourth-order valence-electron chi connectivity index (χ4n) is 1.76. The van der Waals surface area contributed by atoms with E-state index in [2.05, 4.69) is 30.2 Å². The predicted octanol–water partition coefficient (Wildman–Crippen LogP) is 1.11. The summed E-state index contributed by atoms with van der Waals surface area (Å²) in [5.74, 6) is -0.297. The van der Waals surface area contributed by atoms with Gasteiger partial charge in [-0.3, -0.25) is 15.1 Å². The Morgan fingerprint density at radius 3 is 3.05 bits per heavy atom. The summed E-state index contributed by atoms with van der Waals surface area (Å²) in [5, 5.41) is 2.75. The molecule has 0 aliphatic heterocycles. The van der Waals surface area contributed by atoms with Crippen molar-refractivity contribution in [1.82, 2.24) is 24.9 Å². The van der Waals surface area contributed by atoms with Gasteiger partial charge in [-0.15, -0.1) is 0 Å². The second-order valence-electron chi connectivity index (χ2n) is 4.13. The topological polar surface area (TPSA) is 122 Å². The van der Waals surface area contributed by atoms with E-state index in [1.165, 1.54) is 12.5 Å². The highest BCUT2D eigenvalue weighted by Gasteiger charge is 2.12. The monoisotopic (exact) mass is 303 g/mol. The maximum Gasteiger partial charge on any atom is 0.258 e. The van der Waals surface area contributed by atoms with Crippen LogP contribution >= 0.6 is 11.6 Å². The molecule has 0 atom stereocenters. The lowest BCUT2D eigenvalue weighted by Crippen LogP contribution is -2.15. The molecule has 1 amide bonds. The molecule has 3 rings (SSSR count). The van der Waals surface area contributed by atoms with Gasteiger partial charge in [0.05, 0.1) is 12.0 Å². The molecule has 3 aromatic heterocycles. The number of carbonyl (C=O) groups is 1. The molecular formula is C12H10ClN7O. The lowest BCUT2D eigenvalue weighted by molar-refractivity contribution is 0.102. The first-order valence-electron chi connectivity index (χ1n) is 6.00. The Hall–Kier alpha value is -2.58. The molecule has 8 nitrogen and oxygen atoms in total. The van der Waals surface area contributed by atoms with Gasteiger partial charge in [0.25, 0.3) is 5.91 Å². The van der Waals surface area contributed by atoms with Crippen LogP contribution in [0.25, 0.3) is 11.2 Å². The number of aromatic nitrogens is 5. The zero-order valence-electron chi connectivity index (χ0n) is 10.7. The van der Waals surface area contributed by atoms with Gasteiger partial charge in [-0.2, -0.15) is 9.97 Å². The zero-order chi connectivity index (χ0) is 14.8. The van der Waals surface area contributed by atoms with Crippen molar-refractivity contribution in [3.05, 3.63) is 41.1 Å². The van der Waals surface area contributed by atoms with Crippen LogP contribution in [0.2, 0.25) is 5.15 Å². The number of imidazole rings is 1. The predicted molar refractivity (Wildman–Crippen MR) is 76.8 cm³/mol. The molecule has 3 heterocycles. The minimum Gasteiger partial charge on any atom is -0.341 e. The van der Waals surface area contributed by atoms with Gasteiger partial charge in [0.15, 0.2) is 10.8 Å². The van der Waals surface area contributed by atoms with Gasteiger partial charge in [0.2, 0.25) is 5.95 Å². The number of hydrogen-bond donors (Lipinski definition) is 3. The van der Waals surface area contributed by atoms with E-state index in [1.54, 1.807) is 12.1 Å². The standard InChI is InChI=1S/C12H10ClN7O/c13-9-8-10(17-5-16-8)19-12(18-9)20-11(21)6-1-2-15-7(3-6)4-14/h1-3,5H,4,14H2,(H2,16,17,18,19,20,21). The van der Waals surface area contributed by atoms with Crippen LogP contribution in [0.3, 0.4) is 0 Å². The summed E-state index contributed by atoms with van der Waals surface area (Å²) in [6.45, 7) is 0.253. The fourth-order valence-corrected chi connectivity index (χ4v) is 1.98. The van der Waals surface area contributed by atoms with Crippen LogP contribution in [0.15, 0.2) is 24.7 Å². The Labute approximate surface area is 123 Å². The van der Waals surface area contributed by atoms with E-state index in [-0.39, 0.29) is 23.6 Å². The summed E-state index contributed by atoms with van der Waals surface area (Å²) < 4.78 is 0. The normalized spacial score (nSPS) is 10.8. The molecule has 3 aromatic rings. The maximum atomic E-state index is 12.1. The molecule has 4 N–H and O–H groups in total. The van der Waals surface area contributed by atoms with Gasteiger partial charge in [-0.25, -0.2) is 4.98 Å². The average Bonchev–Trinajstić information content (AvgIpc) is 2.96. The van der Waals surface area contributed by atoms with E-state index < -0.39 is 0 Å². The summed E-state index contributed by atoms with van der Waals surface area (Å²) in [6.07, 6.45) is 2.97. The fraction of sp³-hybridized carbons (Fsp3) is 0.0833. The Kier molecular flexibility index (Phi) is 3.46. The Bertz CT molecular complexity index is 816. The quantitative estimate of drug-likeness (QED) is 0.623. The highest BCUT2D eigenvalue weighted by atomic mass is 35.5. The number of carbonyl (C=O) groups excluding carboxylic acids is 1. The van der Waals surface area contributed by atoms with Crippen molar-refractivity contribution in [2.24, 2.45) is 5.73 Å². The molecule has 0 spiro atoms. The van der Waals surface area contributed by atoms with Crippen LogP contribution in [-0.2, 0) is 6.54 Å². The number of rotatable bonds is 3. The number of nitrogens with one attached hydrogen (secondary N) is 2. The van der Waals surface area contributed by atoms with Crippen LogP contribution < -0.4 is 11.1 Å². The molecule has 0 aliphatic carbocycles. The molecule has 106 valence electrons. The average molecular weight is 304 g/mol. The summed E-state index contributed by atoms with van der Waals surface area (Å²) in [7, 11) is 0. The highest BCUT2D eigenvalue weighted by Crippen LogP contribution is 2.18. The summed E-state index contributed by atoms with van der Waals surface area (Å²) in [4.78, 5) is 31.0. The van der Waals surface area contributed by atoms with Gasteiger partial charge in [0, 0.05) is 18.3 Å². The number of nitrogens with two attached hydrogens (primary N) is 1. The Morgan fingerprint density at radius 2 is 2.24 bits per heavy atom. The van der Waals surface area contributed by atoms with E-state index in [1.807, 2.05) is 0 Å². The minimum absolute atomic E-state index is 0.0794. The summed E-state index contributed by atoms with van der Waals surface area (Å²) >= 11 is 5.98. The highest BCUT2D eigenvalue weighted by molar-refractivity contribution is 6.33. The van der Waals surface area contributed by atoms with Gasteiger partial charge < -0.3 is 10.7 Å². The van der Waals surface area contributed by atoms with Crippen molar-refractivity contribution in [3.63, 3.8) is 0 Å². The molecular weight excluding hydrogens is 294 g/mol. The number of hydrogen-bond acceptors (Lipinski definition) is 6. The van der Waals surface area contributed by atoms with E-state index in [9.17, 15) is 4.79 Å². The van der Waals surface area contributed by atoms with E-state index in [4.69, 9.17) is 17.3 Å². The van der Waals surface area contributed by atoms with Crippen LogP contribution in [0.5, 0.6) is 0 Å². The first-order chi connectivity index (χ1) is 10.2. The molecule has 0 fully saturated rings. The van der Waals surface area contributed by atoms with E-state index in [0.29, 0.717) is 22.4 Å². The third-order valence-corrected chi connectivity index (χ3v) is 3.03. The van der Waals surface area contributed by atoms with Gasteiger partial charge in [0.1, 0.15) is 5.52 Å². The SMILES string of the molecule is NCc1cc(C(=O)Nc2nc(Cl)c3[nH]cnc3n2)ccn1. The number of nitrogens with zero attached hydrogens (tertiary/aromatic N) is 4. The van der Waals surface area contributed by atoms with Crippen LogP contribution in [-0.4, -0.2) is 30.8 Å². The number of amides is 1. The first kappa shape index (κ1) is 13.4. The van der Waals surface area contributed by atoms with Crippen molar-refractivity contribution < 1.29 is 4.79 Å². The molecule has 0 aromatic carbocycles. The number of aromatic amines is 1. The molecule has 0 bridgehead atoms. The maximum absolute atomic E-state index is 12.1. The molecule has 0 aliphatic rings. The van der Waals surface area contributed by atoms with Gasteiger partial charge in [-0.05, 0) is 12.1 Å². The van der Waals surface area contributed by atoms with Crippen molar-refractivity contribution in [2.75, 3.05) is 5.32 Å². The molecule has 9 heteroatoms. The molecule has 0 unspecified atom stereocenters. The number of anilines is 1. The number of fused-ring (bicyclic) bond motifs is 1. The number of H-pyrrole nitrogens is 1. The van der Waals surface area contributed by atoms with Crippen molar-refractivity contribution >= 4 is 34.6 Å². The lowest BCUT2D eigenvalue weighted by Gasteiger charge is -2.05. The van der Waals surface area contributed by atoms with Crippen LogP contribution in [0, 0.1) is 0 Å². The van der Waals surface area contributed by atoms with Crippen molar-refractivity contribution in [2.45, 2.75) is 6.54 Å². The minimum atomic E-state index is -0.377. The first-order valence-corrected chi connectivity index (χ1v) is 6.38. The van der Waals surface area contributed by atoms with Crippen molar-refractivity contribution in [1.29, 1.82) is 0 Å². The molecule has 21 heavy (non-hydrogen) atoms. The smallest absolute Gasteiger partial charge is 0.258 e. The number of halogens is 1. The third-order valence-electron chi connectivity index (χ3n) is 2.75. The molecule has 0 radical (unpaired) electrons. The van der Waals surface area contributed by atoms with Crippen LogP contribution in [0.4, 0.5) is 5.95 Å².